The molecule has 2 aromatic heterocycles. The zero-order valence-corrected chi connectivity index (χ0v) is 15.4. The minimum atomic E-state index is -3.22. The van der Waals surface area contributed by atoms with Crippen molar-refractivity contribution in [3.63, 3.8) is 0 Å². The molecular formula is C18H20N4O2S. The van der Waals surface area contributed by atoms with Gasteiger partial charge in [0.2, 0.25) is 0 Å². The molecule has 0 amide bonds. The molecule has 2 heterocycles. The third kappa shape index (κ3) is 3.76. The van der Waals surface area contributed by atoms with Crippen LogP contribution in [0.3, 0.4) is 0 Å². The first kappa shape index (κ1) is 17.3. The Labute approximate surface area is 147 Å². The lowest BCUT2D eigenvalue weighted by molar-refractivity contribution is 0.569. The lowest BCUT2D eigenvalue weighted by Gasteiger charge is -2.17. The molecule has 0 spiro atoms. The highest BCUT2D eigenvalue weighted by atomic mass is 32.2. The number of aromatic nitrogens is 4. The van der Waals surface area contributed by atoms with E-state index < -0.39 is 9.84 Å². The summed E-state index contributed by atoms with van der Waals surface area (Å²) in [4.78, 5) is 9.41. The fraction of sp³-hybridized carbons (Fsp3) is 0.278. The van der Waals surface area contributed by atoms with Crippen molar-refractivity contribution in [3.8, 4) is 22.9 Å². The predicted octanol–water partition coefficient (Wildman–Crippen LogP) is 3.23. The molecule has 25 heavy (non-hydrogen) atoms. The quantitative estimate of drug-likeness (QED) is 0.778. The number of hydrogen-bond donors (Lipinski definition) is 1. The van der Waals surface area contributed by atoms with Gasteiger partial charge in [0.25, 0.3) is 0 Å². The van der Waals surface area contributed by atoms with E-state index in [1.807, 2.05) is 18.2 Å². The van der Waals surface area contributed by atoms with Crippen LogP contribution in [0.5, 0.6) is 0 Å². The van der Waals surface area contributed by atoms with E-state index in [0.29, 0.717) is 11.6 Å². The molecule has 7 heteroatoms. The number of nitrogens with zero attached hydrogens (tertiary/aromatic N) is 3. The molecule has 130 valence electrons. The van der Waals surface area contributed by atoms with Crippen LogP contribution in [0.1, 0.15) is 26.5 Å². The van der Waals surface area contributed by atoms with Gasteiger partial charge in [0, 0.05) is 22.9 Å². The maximum Gasteiger partial charge on any atom is 0.181 e. The first-order chi connectivity index (χ1) is 11.6. The normalized spacial score (nSPS) is 12.3. The number of H-pyrrole nitrogens is 1. The second-order valence-electron chi connectivity index (χ2n) is 6.96. The summed E-state index contributed by atoms with van der Waals surface area (Å²) in [7, 11) is -3.22. The second kappa shape index (κ2) is 6.07. The molecule has 6 nitrogen and oxygen atoms in total. The van der Waals surface area contributed by atoms with E-state index in [1.165, 1.54) is 6.26 Å². The van der Waals surface area contributed by atoms with Gasteiger partial charge in [0.05, 0.1) is 4.90 Å². The smallest absolute Gasteiger partial charge is 0.181 e. The van der Waals surface area contributed by atoms with Crippen LogP contribution in [0, 0.1) is 0 Å². The topological polar surface area (TPSA) is 88.6 Å². The predicted molar refractivity (Wildman–Crippen MR) is 96.9 cm³/mol. The Morgan fingerprint density at radius 2 is 1.64 bits per heavy atom. The van der Waals surface area contributed by atoms with Crippen LogP contribution in [-0.2, 0) is 15.3 Å². The van der Waals surface area contributed by atoms with Gasteiger partial charge in [-0.1, -0.05) is 26.8 Å². The summed E-state index contributed by atoms with van der Waals surface area (Å²) in [5, 5.41) is 7.12. The van der Waals surface area contributed by atoms with Crippen LogP contribution in [0.4, 0.5) is 0 Å². The van der Waals surface area contributed by atoms with Gasteiger partial charge in [-0.25, -0.2) is 18.4 Å². The number of aromatic amines is 1. The molecule has 0 atom stereocenters. The van der Waals surface area contributed by atoms with Crippen molar-refractivity contribution < 1.29 is 8.42 Å². The van der Waals surface area contributed by atoms with Gasteiger partial charge < -0.3 is 0 Å². The first-order valence-corrected chi connectivity index (χ1v) is 9.74. The average molecular weight is 356 g/mol. The van der Waals surface area contributed by atoms with Gasteiger partial charge in [0.15, 0.2) is 21.5 Å². The first-order valence-electron chi connectivity index (χ1n) is 7.85. The Morgan fingerprint density at radius 3 is 2.24 bits per heavy atom. The Bertz CT molecular complexity index is 1000. The van der Waals surface area contributed by atoms with Crippen LogP contribution in [-0.4, -0.2) is 34.8 Å². The molecule has 0 aliphatic carbocycles. The summed E-state index contributed by atoms with van der Waals surface area (Å²) in [5.74, 6) is 1.08. The molecule has 0 saturated heterocycles. The lowest BCUT2D eigenvalue weighted by atomic mass is 9.91. The van der Waals surface area contributed by atoms with E-state index in [1.54, 1.807) is 24.3 Å². The van der Waals surface area contributed by atoms with Gasteiger partial charge in [-0.05, 0) is 36.4 Å². The van der Waals surface area contributed by atoms with Gasteiger partial charge in [-0.2, -0.15) is 5.10 Å². The van der Waals surface area contributed by atoms with Crippen LogP contribution in [0.25, 0.3) is 22.9 Å². The minimum Gasteiger partial charge on any atom is -0.257 e. The number of pyridine rings is 1. The molecule has 0 bridgehead atoms. The standard InChI is InChI=1S/C18H20N4O2S/c1-18(2,3)15-7-5-6-14(19-15)17-20-16(21-22-17)12-8-10-13(11-9-12)25(4,23)24/h5-11H,1-4H3,(H,20,21,22). The molecule has 1 N–H and O–H groups in total. The van der Waals surface area contributed by atoms with Crippen molar-refractivity contribution in [2.24, 2.45) is 0 Å². The van der Waals surface area contributed by atoms with Crippen LogP contribution in [0.2, 0.25) is 0 Å². The van der Waals surface area contributed by atoms with Gasteiger partial charge >= 0.3 is 0 Å². The Morgan fingerprint density at radius 1 is 0.960 bits per heavy atom. The summed E-state index contributed by atoms with van der Waals surface area (Å²) in [6.07, 6.45) is 1.18. The highest BCUT2D eigenvalue weighted by Gasteiger charge is 2.17. The Kier molecular flexibility index (Phi) is 4.20. The van der Waals surface area contributed by atoms with Gasteiger partial charge in [-0.3, -0.25) is 5.10 Å². The monoisotopic (exact) mass is 356 g/mol. The highest BCUT2D eigenvalue weighted by molar-refractivity contribution is 7.90. The molecule has 3 aromatic rings. The van der Waals surface area contributed by atoms with Crippen molar-refractivity contribution in [2.75, 3.05) is 6.26 Å². The molecular weight excluding hydrogens is 336 g/mol. The second-order valence-corrected chi connectivity index (χ2v) is 8.98. The van der Waals surface area contributed by atoms with E-state index in [4.69, 9.17) is 0 Å². The fourth-order valence-corrected chi connectivity index (χ4v) is 2.97. The van der Waals surface area contributed by atoms with E-state index in [-0.39, 0.29) is 10.3 Å². The van der Waals surface area contributed by atoms with Crippen molar-refractivity contribution >= 4 is 9.84 Å². The molecule has 0 radical (unpaired) electrons. The van der Waals surface area contributed by atoms with Gasteiger partial charge in [-0.15, -0.1) is 0 Å². The number of nitrogens with one attached hydrogen (secondary N) is 1. The van der Waals surface area contributed by atoms with Crippen LogP contribution in [0.15, 0.2) is 47.4 Å². The molecule has 1 aromatic carbocycles. The van der Waals surface area contributed by atoms with Crippen molar-refractivity contribution in [1.82, 2.24) is 20.2 Å². The maximum atomic E-state index is 11.5. The molecule has 0 fully saturated rings. The van der Waals surface area contributed by atoms with E-state index in [2.05, 4.69) is 40.9 Å². The average Bonchev–Trinajstić information content (AvgIpc) is 3.03. The summed E-state index contributed by atoms with van der Waals surface area (Å²) in [6, 6.07) is 12.3. The summed E-state index contributed by atoms with van der Waals surface area (Å²) in [5.41, 5.74) is 2.38. The van der Waals surface area contributed by atoms with E-state index in [9.17, 15) is 8.42 Å². The molecule has 0 aliphatic rings. The zero-order chi connectivity index (χ0) is 18.2. The lowest BCUT2D eigenvalue weighted by Crippen LogP contribution is -2.13. The molecule has 0 unspecified atom stereocenters. The zero-order valence-electron chi connectivity index (χ0n) is 14.6. The third-order valence-electron chi connectivity index (χ3n) is 3.79. The van der Waals surface area contributed by atoms with Crippen LogP contribution < -0.4 is 0 Å². The van der Waals surface area contributed by atoms with Crippen molar-refractivity contribution in [2.45, 2.75) is 31.1 Å². The Hall–Kier alpha value is -2.54. The highest BCUT2D eigenvalue weighted by Crippen LogP contribution is 2.24. The number of sulfone groups is 1. The SMILES string of the molecule is CC(C)(C)c1cccc(-c2nc(-c3ccc(S(C)(=O)=O)cc3)n[nH]2)n1. The number of hydrogen-bond acceptors (Lipinski definition) is 5. The molecule has 0 aliphatic heterocycles. The number of rotatable bonds is 3. The van der Waals surface area contributed by atoms with E-state index in [0.717, 1.165) is 17.0 Å². The third-order valence-corrected chi connectivity index (χ3v) is 4.91. The van der Waals surface area contributed by atoms with Crippen molar-refractivity contribution in [3.05, 3.63) is 48.2 Å². The van der Waals surface area contributed by atoms with Crippen LogP contribution >= 0.6 is 0 Å². The summed E-state index contributed by atoms with van der Waals surface area (Å²) >= 11 is 0. The maximum absolute atomic E-state index is 11.5. The Balaban J connectivity index is 1.93. The van der Waals surface area contributed by atoms with E-state index >= 15 is 0 Å². The van der Waals surface area contributed by atoms with Gasteiger partial charge in [0.1, 0.15) is 5.69 Å². The molecule has 0 saturated carbocycles. The summed E-state index contributed by atoms with van der Waals surface area (Å²) in [6.45, 7) is 6.32. The fourth-order valence-electron chi connectivity index (χ4n) is 2.34. The summed E-state index contributed by atoms with van der Waals surface area (Å²) < 4.78 is 23.1. The number of benzene rings is 1. The minimum absolute atomic E-state index is 0.0552. The van der Waals surface area contributed by atoms with Crippen molar-refractivity contribution in [1.29, 1.82) is 0 Å². The largest absolute Gasteiger partial charge is 0.257 e. The molecule has 3 rings (SSSR count).